The highest BCUT2D eigenvalue weighted by atomic mass is 35.5. The molecule has 0 fully saturated rings. The third kappa shape index (κ3) is 10.2. The topological polar surface area (TPSA) is 86.8 Å². The second kappa shape index (κ2) is 15.0. The third-order valence-electron chi connectivity index (χ3n) is 6.46. The van der Waals surface area contributed by atoms with E-state index >= 15 is 0 Å². The number of amides is 2. The van der Waals surface area contributed by atoms with Crippen molar-refractivity contribution in [1.29, 1.82) is 0 Å². The zero-order valence-electron chi connectivity index (χ0n) is 23.6. The summed E-state index contributed by atoms with van der Waals surface area (Å²) < 4.78 is 39.6. The fourth-order valence-electron chi connectivity index (χ4n) is 4.42. The largest absolute Gasteiger partial charge is 0.354 e. The van der Waals surface area contributed by atoms with Crippen LogP contribution in [-0.2, 0) is 32.6 Å². The number of anilines is 1. The number of hydrogen-bond acceptors (Lipinski definition) is 4. The fourth-order valence-corrected chi connectivity index (χ4v) is 5.60. The van der Waals surface area contributed by atoms with E-state index in [9.17, 15) is 22.4 Å². The van der Waals surface area contributed by atoms with E-state index in [-0.39, 0.29) is 43.7 Å². The van der Waals surface area contributed by atoms with E-state index in [2.05, 4.69) is 5.32 Å². The number of nitrogens with zero attached hydrogens (tertiary/aromatic N) is 2. The number of benzene rings is 3. The van der Waals surface area contributed by atoms with Crippen LogP contribution in [0.3, 0.4) is 0 Å². The van der Waals surface area contributed by atoms with Crippen molar-refractivity contribution in [3.63, 3.8) is 0 Å². The molecule has 0 heterocycles. The molecule has 41 heavy (non-hydrogen) atoms. The van der Waals surface area contributed by atoms with Crippen LogP contribution in [0.5, 0.6) is 0 Å². The number of carbonyl (C=O) groups excluding carboxylic acids is 2. The maximum atomic E-state index is 13.8. The summed E-state index contributed by atoms with van der Waals surface area (Å²) in [6, 6.07) is 21.0. The molecule has 3 aromatic carbocycles. The number of carbonyl (C=O) groups is 2. The number of nitrogens with one attached hydrogen (secondary N) is 1. The molecular weight excluding hydrogens is 565 g/mol. The van der Waals surface area contributed by atoms with Crippen LogP contribution in [-0.4, -0.2) is 50.5 Å². The van der Waals surface area contributed by atoms with Crippen molar-refractivity contribution in [3.05, 3.63) is 101 Å². The Labute approximate surface area is 247 Å². The van der Waals surface area contributed by atoms with Crippen LogP contribution >= 0.6 is 11.6 Å². The first-order valence-electron chi connectivity index (χ1n) is 13.5. The van der Waals surface area contributed by atoms with E-state index in [0.29, 0.717) is 23.7 Å². The van der Waals surface area contributed by atoms with Crippen molar-refractivity contribution < 1.29 is 22.4 Å². The van der Waals surface area contributed by atoms with Gasteiger partial charge in [-0.2, -0.15) is 0 Å². The molecule has 0 radical (unpaired) electrons. The smallest absolute Gasteiger partial charge is 0.243 e. The Bertz CT molecular complexity index is 1400. The lowest BCUT2D eigenvalue weighted by atomic mass is 10.0. The number of hydrogen-bond donors (Lipinski definition) is 1. The molecule has 0 aliphatic heterocycles. The highest BCUT2D eigenvalue weighted by Gasteiger charge is 2.30. The molecule has 0 unspecified atom stereocenters. The third-order valence-corrected chi connectivity index (χ3v) is 7.89. The highest BCUT2D eigenvalue weighted by Crippen LogP contribution is 2.21. The molecule has 0 spiro atoms. The van der Waals surface area contributed by atoms with E-state index in [0.717, 1.165) is 21.7 Å². The predicted molar refractivity (Wildman–Crippen MR) is 162 cm³/mol. The molecule has 3 aromatic rings. The Morgan fingerprint density at radius 2 is 1.61 bits per heavy atom. The van der Waals surface area contributed by atoms with Gasteiger partial charge >= 0.3 is 0 Å². The first-order valence-corrected chi connectivity index (χ1v) is 15.8. The van der Waals surface area contributed by atoms with Gasteiger partial charge in [0.05, 0.1) is 11.9 Å². The monoisotopic (exact) mass is 601 g/mol. The van der Waals surface area contributed by atoms with Gasteiger partial charge in [-0.15, -0.1) is 0 Å². The van der Waals surface area contributed by atoms with Crippen LogP contribution in [0.2, 0.25) is 5.02 Å². The second-order valence-corrected chi connectivity index (χ2v) is 12.8. The van der Waals surface area contributed by atoms with Crippen LogP contribution in [0.4, 0.5) is 10.1 Å². The van der Waals surface area contributed by atoms with Gasteiger partial charge in [-0.3, -0.25) is 13.9 Å². The van der Waals surface area contributed by atoms with Gasteiger partial charge in [0.1, 0.15) is 11.9 Å². The molecule has 3 rings (SSSR count). The molecule has 10 heteroatoms. The van der Waals surface area contributed by atoms with Crippen molar-refractivity contribution in [1.82, 2.24) is 10.2 Å². The zero-order valence-corrected chi connectivity index (χ0v) is 25.2. The van der Waals surface area contributed by atoms with Gasteiger partial charge in [0.15, 0.2) is 0 Å². The summed E-state index contributed by atoms with van der Waals surface area (Å²) in [6.07, 6.45) is 1.57. The summed E-state index contributed by atoms with van der Waals surface area (Å²) in [6.45, 7) is 4.63. The van der Waals surface area contributed by atoms with E-state index < -0.39 is 21.9 Å². The van der Waals surface area contributed by atoms with E-state index in [1.54, 1.807) is 23.1 Å². The van der Waals surface area contributed by atoms with Gasteiger partial charge < -0.3 is 10.2 Å². The average molecular weight is 602 g/mol. The van der Waals surface area contributed by atoms with E-state index in [1.807, 2.05) is 50.2 Å². The van der Waals surface area contributed by atoms with Gasteiger partial charge in [-0.05, 0) is 59.9 Å². The number of rotatable bonds is 14. The second-order valence-electron chi connectivity index (χ2n) is 10.4. The van der Waals surface area contributed by atoms with Crippen molar-refractivity contribution in [2.45, 2.75) is 45.7 Å². The minimum absolute atomic E-state index is 0.00344. The quantitative estimate of drug-likeness (QED) is 0.267. The molecule has 7 nitrogen and oxygen atoms in total. The molecule has 0 saturated carbocycles. The van der Waals surface area contributed by atoms with E-state index in [4.69, 9.17) is 11.6 Å². The molecule has 220 valence electrons. The first-order chi connectivity index (χ1) is 19.4. The van der Waals surface area contributed by atoms with Crippen LogP contribution in [0, 0.1) is 11.7 Å². The fraction of sp³-hybridized carbons (Fsp3) is 0.355. The number of sulfonamides is 1. The minimum atomic E-state index is -3.68. The first kappa shape index (κ1) is 32.1. The minimum Gasteiger partial charge on any atom is -0.354 e. The van der Waals surface area contributed by atoms with Crippen LogP contribution in [0.15, 0.2) is 78.9 Å². The van der Waals surface area contributed by atoms with Crippen LogP contribution in [0.1, 0.15) is 37.8 Å². The molecule has 0 aromatic heterocycles. The lowest BCUT2D eigenvalue weighted by Gasteiger charge is -2.32. The summed E-state index contributed by atoms with van der Waals surface area (Å²) in [5.74, 6) is -0.809. The molecule has 2 amide bonds. The van der Waals surface area contributed by atoms with Crippen molar-refractivity contribution in [2.24, 2.45) is 5.92 Å². The molecule has 0 saturated heterocycles. The van der Waals surface area contributed by atoms with Gasteiger partial charge in [-0.25, -0.2) is 12.8 Å². The Morgan fingerprint density at radius 1 is 0.951 bits per heavy atom. The predicted octanol–water partition coefficient (Wildman–Crippen LogP) is 5.44. The SMILES string of the molecule is CC(C)CNC(=O)[C@H](Cc1ccccc1)N(Cc1cccc(Cl)c1)C(=O)CCCN(c1ccc(F)cc1)S(C)(=O)=O. The summed E-state index contributed by atoms with van der Waals surface area (Å²) in [7, 11) is -3.68. The molecule has 0 bridgehead atoms. The maximum absolute atomic E-state index is 13.8. The summed E-state index contributed by atoms with van der Waals surface area (Å²) in [4.78, 5) is 28.9. The van der Waals surface area contributed by atoms with Gasteiger partial charge in [0, 0.05) is 37.5 Å². The van der Waals surface area contributed by atoms with Crippen molar-refractivity contribution >= 4 is 39.1 Å². The molecule has 0 aliphatic rings. The Balaban J connectivity index is 1.87. The van der Waals surface area contributed by atoms with Crippen LogP contribution in [0.25, 0.3) is 0 Å². The molecule has 0 aliphatic carbocycles. The lowest BCUT2D eigenvalue weighted by Crippen LogP contribution is -2.51. The summed E-state index contributed by atoms with van der Waals surface area (Å²) in [5.41, 5.74) is 1.98. The molecular formula is C31H37ClFN3O4S. The number of halogens is 2. The molecule has 1 N–H and O–H groups in total. The average Bonchev–Trinajstić information content (AvgIpc) is 2.92. The van der Waals surface area contributed by atoms with Crippen molar-refractivity contribution in [2.75, 3.05) is 23.7 Å². The van der Waals surface area contributed by atoms with Gasteiger partial charge in [0.25, 0.3) is 0 Å². The Kier molecular flexibility index (Phi) is 11.7. The van der Waals surface area contributed by atoms with Crippen LogP contribution < -0.4 is 9.62 Å². The zero-order chi connectivity index (χ0) is 30.0. The van der Waals surface area contributed by atoms with Crippen molar-refractivity contribution in [3.8, 4) is 0 Å². The Morgan fingerprint density at radius 3 is 2.22 bits per heavy atom. The Hall–Kier alpha value is -3.43. The van der Waals surface area contributed by atoms with Gasteiger partial charge in [0.2, 0.25) is 21.8 Å². The summed E-state index contributed by atoms with van der Waals surface area (Å²) in [5, 5.41) is 3.49. The molecule has 1 atom stereocenters. The maximum Gasteiger partial charge on any atom is 0.243 e. The summed E-state index contributed by atoms with van der Waals surface area (Å²) >= 11 is 6.22. The lowest BCUT2D eigenvalue weighted by molar-refractivity contribution is -0.141. The van der Waals surface area contributed by atoms with Gasteiger partial charge in [-0.1, -0.05) is 67.9 Å². The normalized spacial score (nSPS) is 12.1. The highest BCUT2D eigenvalue weighted by molar-refractivity contribution is 7.92. The standard InChI is InChI=1S/C31H37ClFN3O4S/c1-23(2)21-34-31(38)29(20-24-9-5-4-6-10-24)35(22-25-11-7-12-26(32)19-25)30(37)13-8-18-36(41(3,39)40)28-16-14-27(33)15-17-28/h4-7,9-12,14-17,19,23,29H,8,13,18,20-22H2,1-3H3,(H,34,38)/t29-/m0/s1. The van der Waals surface area contributed by atoms with E-state index in [1.165, 1.54) is 24.3 Å².